The highest BCUT2D eigenvalue weighted by atomic mass is 14.7. The number of hydrogen-bond acceptors (Lipinski definition) is 1. The first kappa shape index (κ1) is 23.1. The Morgan fingerprint density at radius 3 is 1.67 bits per heavy atom. The first-order valence-electron chi connectivity index (χ1n) is 14.5. The zero-order valence-electron chi connectivity index (χ0n) is 20.2. The van der Waals surface area contributed by atoms with Crippen LogP contribution in [0.2, 0.25) is 0 Å². The van der Waals surface area contributed by atoms with E-state index in [4.69, 9.17) is 5.73 Å². The molecule has 0 aromatic carbocycles. The topological polar surface area (TPSA) is 26.0 Å². The van der Waals surface area contributed by atoms with Gasteiger partial charge >= 0.3 is 0 Å². The summed E-state index contributed by atoms with van der Waals surface area (Å²) in [5.74, 6) is 6.00. The summed E-state index contributed by atoms with van der Waals surface area (Å²) < 4.78 is 0. The van der Waals surface area contributed by atoms with Gasteiger partial charge in [-0.15, -0.1) is 0 Å². The summed E-state index contributed by atoms with van der Waals surface area (Å²) in [7, 11) is 0. The van der Waals surface area contributed by atoms with Crippen molar-refractivity contribution >= 4 is 0 Å². The summed E-state index contributed by atoms with van der Waals surface area (Å²) in [6.45, 7) is 0. The van der Waals surface area contributed by atoms with Crippen molar-refractivity contribution < 1.29 is 0 Å². The molecule has 4 aliphatic carbocycles. The quantitative estimate of drug-likeness (QED) is 0.477. The lowest BCUT2D eigenvalue weighted by molar-refractivity contribution is 0.170. The average Bonchev–Trinajstić information content (AvgIpc) is 3.13. The van der Waals surface area contributed by atoms with Crippen molar-refractivity contribution in [3.63, 3.8) is 0 Å². The Kier molecular flexibility index (Phi) is 9.46. The van der Waals surface area contributed by atoms with Crippen LogP contribution in [0.3, 0.4) is 0 Å². The van der Waals surface area contributed by atoms with Gasteiger partial charge in [0.1, 0.15) is 0 Å². The molecule has 0 saturated heterocycles. The normalized spacial score (nSPS) is 38.5. The van der Waals surface area contributed by atoms with Crippen molar-refractivity contribution in [2.24, 2.45) is 41.2 Å². The number of rotatable bonds is 5. The second-order valence-electron chi connectivity index (χ2n) is 12.3. The summed E-state index contributed by atoms with van der Waals surface area (Å²) in [5.41, 5.74) is 6.81. The predicted octanol–water partition coefficient (Wildman–Crippen LogP) is 8.65. The lowest BCUT2D eigenvalue weighted by atomic mass is 9.71. The van der Waals surface area contributed by atoms with Gasteiger partial charge in [-0.05, 0) is 74.0 Å². The molecule has 5 unspecified atom stereocenters. The van der Waals surface area contributed by atoms with Gasteiger partial charge in [0.25, 0.3) is 0 Å². The zero-order valence-corrected chi connectivity index (χ0v) is 20.2. The molecule has 0 aromatic heterocycles. The van der Waals surface area contributed by atoms with E-state index >= 15 is 0 Å². The minimum Gasteiger partial charge on any atom is -0.327 e. The monoisotopic (exact) mass is 415 g/mol. The van der Waals surface area contributed by atoms with Crippen LogP contribution >= 0.6 is 0 Å². The van der Waals surface area contributed by atoms with E-state index in [0.29, 0.717) is 6.04 Å². The van der Waals surface area contributed by atoms with Crippen molar-refractivity contribution in [2.45, 2.75) is 147 Å². The minimum absolute atomic E-state index is 0.511. The summed E-state index contributed by atoms with van der Waals surface area (Å²) in [6.07, 6.45) is 33.0. The molecule has 0 bridgehead atoms. The van der Waals surface area contributed by atoms with Crippen molar-refractivity contribution in [2.75, 3.05) is 0 Å². The molecular weight excluding hydrogens is 362 g/mol. The largest absolute Gasteiger partial charge is 0.327 e. The highest BCUT2D eigenvalue weighted by Crippen LogP contribution is 2.45. The van der Waals surface area contributed by atoms with E-state index in [-0.39, 0.29) is 0 Å². The Balaban J connectivity index is 1.17. The van der Waals surface area contributed by atoms with E-state index in [1.54, 1.807) is 32.1 Å². The number of hydrogen-bond donors (Lipinski definition) is 1. The fraction of sp³-hybridized carbons (Fsp3) is 1.00. The van der Waals surface area contributed by atoms with Crippen LogP contribution in [0.5, 0.6) is 0 Å². The lowest BCUT2D eigenvalue weighted by Gasteiger charge is -2.37. The SMILES string of the molecule is NC1CC(CC2CCC(C3CCCCCCC3)C2)CCC1CC1CCCCCCC1. The van der Waals surface area contributed by atoms with Crippen molar-refractivity contribution in [3.05, 3.63) is 0 Å². The van der Waals surface area contributed by atoms with Gasteiger partial charge in [-0.2, -0.15) is 0 Å². The molecule has 30 heavy (non-hydrogen) atoms. The third kappa shape index (κ3) is 6.98. The van der Waals surface area contributed by atoms with Gasteiger partial charge in [-0.3, -0.25) is 0 Å². The van der Waals surface area contributed by atoms with Crippen molar-refractivity contribution in [3.8, 4) is 0 Å². The highest BCUT2D eigenvalue weighted by molar-refractivity contribution is 4.88. The van der Waals surface area contributed by atoms with Gasteiger partial charge in [-0.1, -0.05) is 103 Å². The second kappa shape index (κ2) is 12.3. The van der Waals surface area contributed by atoms with Crippen LogP contribution in [0.1, 0.15) is 141 Å². The molecule has 4 fully saturated rings. The lowest BCUT2D eigenvalue weighted by Crippen LogP contribution is -2.38. The van der Waals surface area contributed by atoms with Crippen molar-refractivity contribution in [1.82, 2.24) is 0 Å². The smallest absolute Gasteiger partial charge is 0.00699 e. The molecule has 0 heterocycles. The number of nitrogens with two attached hydrogens (primary N) is 1. The second-order valence-corrected chi connectivity index (χ2v) is 12.3. The molecule has 1 heteroatoms. The van der Waals surface area contributed by atoms with Crippen molar-refractivity contribution in [1.29, 1.82) is 0 Å². The summed E-state index contributed by atoms with van der Waals surface area (Å²) in [6, 6.07) is 0.511. The van der Waals surface area contributed by atoms with Gasteiger partial charge in [0.15, 0.2) is 0 Å². The molecule has 0 aliphatic heterocycles. The Morgan fingerprint density at radius 1 is 0.433 bits per heavy atom. The van der Waals surface area contributed by atoms with Crippen LogP contribution in [-0.4, -0.2) is 6.04 Å². The van der Waals surface area contributed by atoms with E-state index in [1.165, 1.54) is 109 Å². The van der Waals surface area contributed by atoms with Crippen LogP contribution in [0.15, 0.2) is 0 Å². The molecule has 174 valence electrons. The molecule has 4 saturated carbocycles. The van der Waals surface area contributed by atoms with Gasteiger partial charge in [0.2, 0.25) is 0 Å². The third-order valence-electron chi connectivity index (χ3n) is 10.1. The van der Waals surface area contributed by atoms with E-state index in [2.05, 4.69) is 0 Å². The fourth-order valence-electron chi connectivity index (χ4n) is 8.26. The Morgan fingerprint density at radius 2 is 1.00 bits per heavy atom. The third-order valence-corrected chi connectivity index (χ3v) is 10.1. The average molecular weight is 416 g/mol. The first-order chi connectivity index (χ1) is 14.8. The van der Waals surface area contributed by atoms with Gasteiger partial charge in [-0.25, -0.2) is 0 Å². The van der Waals surface area contributed by atoms with Gasteiger partial charge < -0.3 is 5.73 Å². The zero-order chi connectivity index (χ0) is 20.6. The Bertz CT molecular complexity index is 457. The molecule has 0 aromatic rings. The maximum Gasteiger partial charge on any atom is 0.00699 e. The molecule has 0 amide bonds. The molecule has 2 N–H and O–H groups in total. The van der Waals surface area contributed by atoms with Crippen LogP contribution in [-0.2, 0) is 0 Å². The molecule has 4 rings (SSSR count). The van der Waals surface area contributed by atoms with Crippen LogP contribution in [0.25, 0.3) is 0 Å². The van der Waals surface area contributed by atoms with E-state index < -0.39 is 0 Å². The van der Waals surface area contributed by atoms with Crippen LogP contribution < -0.4 is 5.73 Å². The Labute approximate surface area is 188 Å². The Hall–Kier alpha value is -0.0400. The van der Waals surface area contributed by atoms with Crippen LogP contribution in [0, 0.1) is 35.5 Å². The fourth-order valence-corrected chi connectivity index (χ4v) is 8.26. The van der Waals surface area contributed by atoms with E-state index in [9.17, 15) is 0 Å². The summed E-state index contributed by atoms with van der Waals surface area (Å²) in [4.78, 5) is 0. The van der Waals surface area contributed by atoms with E-state index in [1.807, 2.05) is 0 Å². The van der Waals surface area contributed by atoms with Crippen LogP contribution in [0.4, 0.5) is 0 Å². The molecule has 0 radical (unpaired) electrons. The van der Waals surface area contributed by atoms with Gasteiger partial charge in [0, 0.05) is 6.04 Å². The molecule has 0 spiro atoms. The highest BCUT2D eigenvalue weighted by Gasteiger charge is 2.35. The molecule has 5 atom stereocenters. The minimum atomic E-state index is 0.511. The maximum atomic E-state index is 6.81. The standard InChI is InChI=1S/C29H53N/c30-29-22-25(16-18-28(29)20-23-11-7-3-1-4-8-12-23)19-24-15-17-27(21-24)26-13-9-5-2-6-10-14-26/h23-29H,1-22,30H2. The maximum absolute atomic E-state index is 6.81. The molecular formula is C29H53N. The first-order valence-corrected chi connectivity index (χ1v) is 14.5. The van der Waals surface area contributed by atoms with Gasteiger partial charge in [0.05, 0.1) is 0 Å². The summed E-state index contributed by atoms with van der Waals surface area (Å²) >= 11 is 0. The predicted molar refractivity (Wildman–Crippen MR) is 130 cm³/mol. The van der Waals surface area contributed by atoms with E-state index in [0.717, 1.165) is 35.5 Å². The molecule has 4 aliphatic rings. The summed E-state index contributed by atoms with van der Waals surface area (Å²) in [5, 5.41) is 0. The molecule has 1 nitrogen and oxygen atoms in total.